The summed E-state index contributed by atoms with van der Waals surface area (Å²) in [4.78, 5) is 21.7. The van der Waals surface area contributed by atoms with Crippen LogP contribution in [0.25, 0.3) is 0 Å². The number of aliphatic carboxylic acids is 1. The first kappa shape index (κ1) is 9.94. The van der Waals surface area contributed by atoms with Crippen molar-refractivity contribution in [3.05, 3.63) is 0 Å². The molecule has 0 saturated heterocycles. The molecule has 0 aromatic rings. The highest BCUT2D eigenvalue weighted by atomic mass is 16.5. The molecule has 74 valence electrons. The first-order chi connectivity index (χ1) is 6.00. The average Bonchev–Trinajstić information content (AvgIpc) is 2.10. The first-order valence-corrected chi connectivity index (χ1v) is 3.82. The van der Waals surface area contributed by atoms with Crippen molar-refractivity contribution in [1.82, 2.24) is 0 Å². The lowest BCUT2D eigenvalue weighted by Gasteiger charge is -2.43. The Morgan fingerprint density at radius 3 is 2.08 bits per heavy atom. The van der Waals surface area contributed by atoms with Gasteiger partial charge in [-0.3, -0.25) is 9.59 Å². The van der Waals surface area contributed by atoms with Gasteiger partial charge in [0.1, 0.15) is 0 Å². The fourth-order valence-electron chi connectivity index (χ4n) is 1.57. The Hall–Kier alpha value is -1.14. The van der Waals surface area contributed by atoms with E-state index in [0.717, 1.165) is 0 Å². The molecule has 13 heavy (non-hydrogen) atoms. The summed E-state index contributed by atoms with van der Waals surface area (Å²) in [5, 5.41) is 8.69. The van der Waals surface area contributed by atoms with Crippen LogP contribution in [-0.2, 0) is 14.3 Å². The van der Waals surface area contributed by atoms with Crippen molar-refractivity contribution in [2.75, 3.05) is 7.11 Å². The summed E-state index contributed by atoms with van der Waals surface area (Å²) in [6.07, 6.45) is 0. The van der Waals surface area contributed by atoms with Crippen LogP contribution in [0.1, 0.15) is 0 Å². The summed E-state index contributed by atoms with van der Waals surface area (Å²) < 4.78 is 4.42. The van der Waals surface area contributed by atoms with E-state index in [-0.39, 0.29) is 0 Å². The van der Waals surface area contributed by atoms with Gasteiger partial charge in [-0.05, 0) is 0 Å². The summed E-state index contributed by atoms with van der Waals surface area (Å²) in [5.41, 5.74) is 10.9. The maximum atomic E-state index is 11.0. The Morgan fingerprint density at radius 2 is 1.69 bits per heavy atom. The van der Waals surface area contributed by atoms with Gasteiger partial charge >= 0.3 is 11.9 Å². The number of methoxy groups -OCH3 is 1. The van der Waals surface area contributed by atoms with Gasteiger partial charge in [0.05, 0.1) is 18.9 Å². The zero-order chi connectivity index (χ0) is 10.2. The lowest BCUT2D eigenvalue weighted by atomic mass is 9.65. The number of hydrogen-bond acceptors (Lipinski definition) is 5. The second kappa shape index (κ2) is 3.31. The molecule has 0 heterocycles. The number of carbonyl (C=O) groups excluding carboxylic acids is 1. The van der Waals surface area contributed by atoms with Gasteiger partial charge in [-0.2, -0.15) is 0 Å². The fraction of sp³-hybridized carbons (Fsp3) is 0.714. The Kier molecular flexibility index (Phi) is 2.53. The molecule has 1 saturated carbocycles. The molecule has 4 unspecified atom stereocenters. The van der Waals surface area contributed by atoms with Crippen LogP contribution in [0, 0.1) is 11.8 Å². The van der Waals surface area contributed by atoms with Crippen molar-refractivity contribution in [3.8, 4) is 0 Å². The monoisotopic (exact) mass is 188 g/mol. The van der Waals surface area contributed by atoms with E-state index < -0.39 is 35.9 Å². The van der Waals surface area contributed by atoms with Crippen LogP contribution in [0.5, 0.6) is 0 Å². The van der Waals surface area contributed by atoms with Crippen molar-refractivity contribution >= 4 is 11.9 Å². The summed E-state index contributed by atoms with van der Waals surface area (Å²) in [6.45, 7) is 0. The van der Waals surface area contributed by atoms with Crippen LogP contribution >= 0.6 is 0 Å². The molecule has 0 spiro atoms. The number of carboxylic acids is 1. The molecule has 0 amide bonds. The van der Waals surface area contributed by atoms with E-state index in [4.69, 9.17) is 16.6 Å². The van der Waals surface area contributed by atoms with Crippen LogP contribution < -0.4 is 11.5 Å². The molecular weight excluding hydrogens is 176 g/mol. The van der Waals surface area contributed by atoms with Crippen molar-refractivity contribution in [1.29, 1.82) is 0 Å². The predicted molar refractivity (Wildman–Crippen MR) is 42.6 cm³/mol. The largest absolute Gasteiger partial charge is 0.481 e. The molecule has 0 aromatic carbocycles. The maximum absolute atomic E-state index is 11.0. The maximum Gasteiger partial charge on any atom is 0.311 e. The predicted octanol–water partition coefficient (Wildman–Crippen LogP) is -1.86. The van der Waals surface area contributed by atoms with Crippen molar-refractivity contribution in [3.63, 3.8) is 0 Å². The topological polar surface area (TPSA) is 116 Å². The number of rotatable bonds is 2. The van der Waals surface area contributed by atoms with Crippen LogP contribution in [0.4, 0.5) is 0 Å². The van der Waals surface area contributed by atoms with Crippen LogP contribution in [0.3, 0.4) is 0 Å². The van der Waals surface area contributed by atoms with Gasteiger partial charge in [-0.25, -0.2) is 0 Å². The molecule has 0 bridgehead atoms. The van der Waals surface area contributed by atoms with Gasteiger partial charge in [0.2, 0.25) is 0 Å². The Morgan fingerprint density at radius 1 is 1.23 bits per heavy atom. The number of ether oxygens (including phenoxy) is 1. The quantitative estimate of drug-likeness (QED) is 0.438. The molecule has 1 fully saturated rings. The molecule has 4 atom stereocenters. The highest BCUT2D eigenvalue weighted by molar-refractivity contribution is 5.85. The third kappa shape index (κ3) is 1.38. The van der Waals surface area contributed by atoms with Crippen molar-refractivity contribution < 1.29 is 19.4 Å². The van der Waals surface area contributed by atoms with E-state index >= 15 is 0 Å². The minimum atomic E-state index is -1.11. The zero-order valence-corrected chi connectivity index (χ0v) is 7.14. The zero-order valence-electron chi connectivity index (χ0n) is 7.14. The number of esters is 1. The molecule has 6 heteroatoms. The molecule has 1 rings (SSSR count). The van der Waals surface area contributed by atoms with E-state index in [0.29, 0.717) is 0 Å². The minimum absolute atomic E-state index is 0.610. The minimum Gasteiger partial charge on any atom is -0.481 e. The summed E-state index contributed by atoms with van der Waals surface area (Å²) in [5.74, 6) is -3.44. The summed E-state index contributed by atoms with van der Waals surface area (Å²) in [6, 6.07) is -1.28. The van der Waals surface area contributed by atoms with E-state index in [1.807, 2.05) is 0 Å². The van der Waals surface area contributed by atoms with E-state index in [2.05, 4.69) is 4.74 Å². The number of carboxylic acid groups (broad SMARTS) is 1. The van der Waals surface area contributed by atoms with E-state index in [1.54, 1.807) is 0 Å². The molecule has 0 radical (unpaired) electrons. The molecule has 0 aliphatic heterocycles. The standard InChI is InChI=1S/C7H12N2O4/c1-13-7(12)3-2(6(10)11)4(8)5(3)9/h2-5H,8-9H2,1H3,(H,10,11). The van der Waals surface area contributed by atoms with Crippen LogP contribution in [0.15, 0.2) is 0 Å². The Labute approximate surface area is 74.8 Å². The lowest BCUT2D eigenvalue weighted by molar-refractivity contribution is -0.165. The highest BCUT2D eigenvalue weighted by Gasteiger charge is 2.55. The Bertz CT molecular complexity index is 243. The molecule has 1 aliphatic carbocycles. The number of carbonyl (C=O) groups is 2. The Balaban J connectivity index is 2.74. The highest BCUT2D eigenvalue weighted by Crippen LogP contribution is 2.33. The molecule has 1 aliphatic rings. The molecule has 5 N–H and O–H groups in total. The third-order valence-electron chi connectivity index (χ3n) is 2.42. The fourth-order valence-corrected chi connectivity index (χ4v) is 1.57. The SMILES string of the molecule is COC(=O)C1C(N)C(N)C1C(=O)O. The second-order valence-electron chi connectivity index (χ2n) is 3.07. The third-order valence-corrected chi connectivity index (χ3v) is 2.42. The van der Waals surface area contributed by atoms with Gasteiger partial charge < -0.3 is 21.3 Å². The number of nitrogens with two attached hydrogens (primary N) is 2. The van der Waals surface area contributed by atoms with Crippen molar-refractivity contribution in [2.24, 2.45) is 23.3 Å². The van der Waals surface area contributed by atoms with E-state index in [1.165, 1.54) is 7.11 Å². The van der Waals surface area contributed by atoms with Gasteiger partial charge in [0, 0.05) is 12.1 Å². The van der Waals surface area contributed by atoms with Crippen LogP contribution in [-0.4, -0.2) is 36.2 Å². The molecule has 0 aromatic heterocycles. The first-order valence-electron chi connectivity index (χ1n) is 3.82. The van der Waals surface area contributed by atoms with Crippen LogP contribution in [0.2, 0.25) is 0 Å². The van der Waals surface area contributed by atoms with Gasteiger partial charge in [-0.1, -0.05) is 0 Å². The average molecular weight is 188 g/mol. The number of hydrogen-bond donors (Lipinski definition) is 3. The molecule has 6 nitrogen and oxygen atoms in total. The van der Waals surface area contributed by atoms with Crippen molar-refractivity contribution in [2.45, 2.75) is 12.1 Å². The van der Waals surface area contributed by atoms with Gasteiger partial charge in [0.25, 0.3) is 0 Å². The smallest absolute Gasteiger partial charge is 0.311 e. The normalized spacial score (nSPS) is 37.8. The second-order valence-corrected chi connectivity index (χ2v) is 3.07. The summed E-state index contributed by atoms with van der Waals surface area (Å²) >= 11 is 0. The van der Waals surface area contributed by atoms with E-state index in [9.17, 15) is 9.59 Å². The lowest BCUT2D eigenvalue weighted by Crippen LogP contribution is -2.69. The van der Waals surface area contributed by atoms with Gasteiger partial charge in [-0.15, -0.1) is 0 Å². The van der Waals surface area contributed by atoms with Gasteiger partial charge in [0.15, 0.2) is 0 Å². The molecular formula is C7H12N2O4. The summed E-state index contributed by atoms with van der Waals surface area (Å²) in [7, 11) is 1.19.